The Kier molecular flexibility index (Phi) is 6.39. The number of nitrogens with one attached hydrogen (secondary N) is 1. The van der Waals surface area contributed by atoms with Crippen LogP contribution in [0.15, 0.2) is 0 Å². The highest BCUT2D eigenvalue weighted by Gasteiger charge is 2.20. The summed E-state index contributed by atoms with van der Waals surface area (Å²) in [6.45, 7) is 11.2. The molecule has 0 aliphatic heterocycles. The number of primary amides is 1. The van der Waals surface area contributed by atoms with Crippen molar-refractivity contribution in [1.29, 1.82) is 0 Å². The predicted molar refractivity (Wildman–Crippen MR) is 86.6 cm³/mol. The molecule has 0 aliphatic rings. The lowest BCUT2D eigenvalue weighted by molar-refractivity contribution is -0.116. The fraction of sp³-hybridized carbons (Fsp3) is 0.667. The topological polar surface area (TPSA) is 84.1 Å². The van der Waals surface area contributed by atoms with Gasteiger partial charge in [0.05, 0.1) is 6.54 Å². The summed E-state index contributed by atoms with van der Waals surface area (Å²) in [7, 11) is 0. The van der Waals surface area contributed by atoms with Crippen molar-refractivity contribution < 1.29 is 4.79 Å². The van der Waals surface area contributed by atoms with E-state index in [-0.39, 0.29) is 18.5 Å². The van der Waals surface area contributed by atoms with Gasteiger partial charge < -0.3 is 16.0 Å². The van der Waals surface area contributed by atoms with Crippen LogP contribution in [0.5, 0.6) is 0 Å². The van der Waals surface area contributed by atoms with Crippen molar-refractivity contribution in [3.05, 3.63) is 11.4 Å². The molecule has 6 nitrogen and oxygen atoms in total. The molecule has 0 saturated carbocycles. The van der Waals surface area contributed by atoms with Crippen LogP contribution in [0.3, 0.4) is 0 Å². The van der Waals surface area contributed by atoms with Crippen LogP contribution in [0, 0.1) is 6.92 Å². The fourth-order valence-electron chi connectivity index (χ4n) is 2.07. The smallest absolute Gasteiger partial charge is 0.237 e. The van der Waals surface area contributed by atoms with Gasteiger partial charge in [-0.25, -0.2) is 9.97 Å². The van der Waals surface area contributed by atoms with Crippen molar-refractivity contribution in [2.24, 2.45) is 5.73 Å². The Morgan fingerprint density at radius 1 is 1.33 bits per heavy atom. The molecule has 0 aromatic carbocycles. The highest BCUT2D eigenvalue weighted by atomic mass is 16.1. The molecule has 21 heavy (non-hydrogen) atoms. The van der Waals surface area contributed by atoms with E-state index in [2.05, 4.69) is 22.2 Å². The lowest BCUT2D eigenvalue weighted by atomic mass is 10.2. The van der Waals surface area contributed by atoms with Crippen molar-refractivity contribution in [1.82, 2.24) is 9.97 Å². The second-order valence-corrected chi connectivity index (χ2v) is 5.41. The molecule has 0 spiro atoms. The molecule has 0 atom stereocenters. The minimum Gasteiger partial charge on any atom is -0.370 e. The quantitative estimate of drug-likeness (QED) is 0.764. The second kappa shape index (κ2) is 7.81. The summed E-state index contributed by atoms with van der Waals surface area (Å²) in [5.41, 5.74) is 6.32. The Morgan fingerprint density at radius 3 is 2.48 bits per heavy atom. The van der Waals surface area contributed by atoms with Crippen molar-refractivity contribution in [2.75, 3.05) is 23.3 Å². The molecule has 0 bridgehead atoms. The zero-order chi connectivity index (χ0) is 16.0. The molecule has 0 radical (unpaired) electrons. The van der Waals surface area contributed by atoms with E-state index in [1.165, 1.54) is 0 Å². The van der Waals surface area contributed by atoms with Gasteiger partial charge in [-0.15, -0.1) is 0 Å². The highest BCUT2D eigenvalue weighted by Crippen LogP contribution is 2.25. The van der Waals surface area contributed by atoms with Crippen LogP contribution < -0.4 is 16.0 Å². The maximum absolute atomic E-state index is 11.3. The highest BCUT2D eigenvalue weighted by molar-refractivity contribution is 5.80. The number of anilines is 2. The van der Waals surface area contributed by atoms with Crippen LogP contribution in [0.1, 0.15) is 45.5 Å². The third-order valence-electron chi connectivity index (χ3n) is 3.25. The third kappa shape index (κ3) is 4.58. The Morgan fingerprint density at radius 2 is 2.00 bits per heavy atom. The van der Waals surface area contributed by atoms with Crippen LogP contribution in [0.2, 0.25) is 0 Å². The monoisotopic (exact) mass is 293 g/mol. The summed E-state index contributed by atoms with van der Waals surface area (Å²) in [5, 5.41) is 3.33. The largest absolute Gasteiger partial charge is 0.370 e. The third-order valence-corrected chi connectivity index (χ3v) is 3.25. The Hall–Kier alpha value is -1.85. The van der Waals surface area contributed by atoms with Crippen LogP contribution in [-0.2, 0) is 11.2 Å². The summed E-state index contributed by atoms with van der Waals surface area (Å²) in [4.78, 5) is 22.4. The number of rotatable bonds is 8. The molecule has 0 aliphatic carbocycles. The van der Waals surface area contributed by atoms with Gasteiger partial charge in [-0.3, -0.25) is 4.79 Å². The molecule has 6 heteroatoms. The molecule has 1 heterocycles. The summed E-state index contributed by atoms with van der Waals surface area (Å²) >= 11 is 0. The molecule has 118 valence electrons. The Labute approximate surface area is 127 Å². The maximum atomic E-state index is 11.3. The van der Waals surface area contributed by atoms with E-state index in [9.17, 15) is 4.79 Å². The Balaban J connectivity index is 3.26. The van der Waals surface area contributed by atoms with E-state index in [1.807, 2.05) is 32.6 Å². The zero-order valence-corrected chi connectivity index (χ0v) is 13.7. The molecule has 0 fully saturated rings. The van der Waals surface area contributed by atoms with Crippen molar-refractivity contribution in [2.45, 2.75) is 53.5 Å². The number of amides is 1. The molecular formula is C15H27N5O. The summed E-state index contributed by atoms with van der Waals surface area (Å²) in [6, 6.07) is 0.134. The average molecular weight is 293 g/mol. The number of aryl methyl sites for hydroxylation is 1. The number of carbonyl (C=O) groups excluding carboxylic acids is 1. The summed E-state index contributed by atoms with van der Waals surface area (Å²) < 4.78 is 0. The average Bonchev–Trinajstić information content (AvgIpc) is 2.43. The maximum Gasteiger partial charge on any atom is 0.237 e. The molecule has 1 rings (SSSR count). The van der Waals surface area contributed by atoms with Gasteiger partial charge in [0.1, 0.15) is 17.5 Å². The van der Waals surface area contributed by atoms with Crippen LogP contribution in [-0.4, -0.2) is 35.0 Å². The van der Waals surface area contributed by atoms with E-state index >= 15 is 0 Å². The number of hydrogen-bond donors (Lipinski definition) is 2. The normalized spacial score (nSPS) is 10.8. The van der Waals surface area contributed by atoms with Crippen molar-refractivity contribution in [3.8, 4) is 0 Å². The second-order valence-electron chi connectivity index (χ2n) is 5.41. The van der Waals surface area contributed by atoms with E-state index in [0.29, 0.717) is 0 Å². The van der Waals surface area contributed by atoms with Crippen LogP contribution in [0.4, 0.5) is 11.6 Å². The first-order chi connectivity index (χ1) is 9.90. The number of nitrogens with zero attached hydrogens (tertiary/aromatic N) is 3. The number of aromatic nitrogens is 2. The standard InChI is InChI=1S/C15H27N5O/c1-6-8-17-14-11(5)15(19-13(7-2)18-14)20(10(3)4)9-12(16)21/h10H,6-9H2,1-5H3,(H2,16,21)(H,17,18,19). The Bertz CT molecular complexity index is 487. The summed E-state index contributed by atoms with van der Waals surface area (Å²) in [6.07, 6.45) is 1.77. The molecule has 1 aromatic rings. The molecule has 1 amide bonds. The molecule has 0 unspecified atom stereocenters. The molecule has 0 saturated heterocycles. The first-order valence-electron chi connectivity index (χ1n) is 7.56. The molecular weight excluding hydrogens is 266 g/mol. The first kappa shape index (κ1) is 17.2. The number of nitrogens with two attached hydrogens (primary N) is 1. The van der Waals surface area contributed by atoms with Crippen molar-refractivity contribution in [3.63, 3.8) is 0 Å². The van der Waals surface area contributed by atoms with E-state index in [1.54, 1.807) is 0 Å². The predicted octanol–water partition coefficient (Wildman–Crippen LogP) is 1.87. The summed E-state index contributed by atoms with van der Waals surface area (Å²) in [5.74, 6) is 2.04. The minimum atomic E-state index is -0.358. The van der Waals surface area contributed by atoms with Gasteiger partial charge >= 0.3 is 0 Å². The SMILES string of the molecule is CCCNc1nc(CC)nc(N(CC(N)=O)C(C)C)c1C. The minimum absolute atomic E-state index is 0.134. The van der Waals surface area contributed by atoms with Gasteiger partial charge in [0.2, 0.25) is 5.91 Å². The zero-order valence-electron chi connectivity index (χ0n) is 13.7. The lowest BCUT2D eigenvalue weighted by Gasteiger charge is -2.29. The molecule has 1 aromatic heterocycles. The van der Waals surface area contributed by atoms with E-state index in [4.69, 9.17) is 5.73 Å². The van der Waals surface area contributed by atoms with Crippen LogP contribution >= 0.6 is 0 Å². The molecule has 3 N–H and O–H groups in total. The number of carbonyl (C=O) groups is 1. The van der Waals surface area contributed by atoms with E-state index < -0.39 is 0 Å². The van der Waals surface area contributed by atoms with Gasteiger partial charge in [-0.2, -0.15) is 0 Å². The van der Waals surface area contributed by atoms with Crippen LogP contribution in [0.25, 0.3) is 0 Å². The number of hydrogen-bond acceptors (Lipinski definition) is 5. The first-order valence-corrected chi connectivity index (χ1v) is 7.56. The van der Waals surface area contributed by atoms with Gasteiger partial charge in [-0.05, 0) is 27.2 Å². The lowest BCUT2D eigenvalue weighted by Crippen LogP contribution is -2.40. The van der Waals surface area contributed by atoms with Gasteiger partial charge in [-0.1, -0.05) is 13.8 Å². The van der Waals surface area contributed by atoms with Gasteiger partial charge in [0.15, 0.2) is 0 Å². The van der Waals surface area contributed by atoms with E-state index in [0.717, 1.165) is 42.4 Å². The van der Waals surface area contributed by atoms with Crippen molar-refractivity contribution >= 4 is 17.5 Å². The van der Waals surface area contributed by atoms with Gasteiger partial charge in [0.25, 0.3) is 0 Å². The van der Waals surface area contributed by atoms with Gasteiger partial charge in [0, 0.05) is 24.6 Å². The fourth-order valence-corrected chi connectivity index (χ4v) is 2.07.